The summed E-state index contributed by atoms with van der Waals surface area (Å²) in [6.07, 6.45) is 0.781. The van der Waals surface area contributed by atoms with Crippen LogP contribution in [0.25, 0.3) is 0 Å². The van der Waals surface area contributed by atoms with Crippen LogP contribution < -0.4 is 5.73 Å². The third kappa shape index (κ3) is 4.36. The largest absolute Gasteiger partial charge is 0.409 e. The summed E-state index contributed by atoms with van der Waals surface area (Å²) < 4.78 is 5.12. The zero-order chi connectivity index (χ0) is 14.3. The number of carbonyl (C=O) groups is 1. The lowest BCUT2D eigenvalue weighted by atomic mass is 10.1. The number of hydrogen-bond acceptors (Lipinski definition) is 5. The summed E-state index contributed by atoms with van der Waals surface area (Å²) in [5.74, 6) is 0.259. The summed E-state index contributed by atoms with van der Waals surface area (Å²) in [6, 6.07) is -0.0610. The minimum absolute atomic E-state index is 0.0262. The van der Waals surface area contributed by atoms with Crippen molar-refractivity contribution in [2.75, 3.05) is 39.4 Å². The van der Waals surface area contributed by atoms with Crippen molar-refractivity contribution < 1.29 is 14.7 Å². The van der Waals surface area contributed by atoms with Crippen LogP contribution in [-0.4, -0.2) is 72.2 Å². The van der Waals surface area contributed by atoms with Crippen molar-refractivity contribution in [2.45, 2.75) is 26.3 Å². The maximum atomic E-state index is 11.8. The average Bonchev–Trinajstić information content (AvgIpc) is 2.46. The molecule has 0 aromatic heterocycles. The highest BCUT2D eigenvalue weighted by Crippen LogP contribution is 2.10. The molecule has 1 rings (SSSR count). The van der Waals surface area contributed by atoms with Crippen molar-refractivity contribution in [2.24, 2.45) is 10.9 Å². The summed E-state index contributed by atoms with van der Waals surface area (Å²) in [7, 11) is 0. The normalized spacial score (nSPS) is 19.5. The summed E-state index contributed by atoms with van der Waals surface area (Å²) in [5.41, 5.74) is 5.68. The maximum absolute atomic E-state index is 11.8. The predicted molar refractivity (Wildman–Crippen MR) is 72.1 cm³/mol. The molecule has 1 atom stereocenters. The molecular formula is C12H24N4O3. The van der Waals surface area contributed by atoms with Gasteiger partial charge in [-0.25, -0.2) is 0 Å². The van der Waals surface area contributed by atoms with Gasteiger partial charge < -0.3 is 20.6 Å². The fourth-order valence-electron chi connectivity index (χ4n) is 2.28. The summed E-state index contributed by atoms with van der Waals surface area (Å²) in [4.78, 5) is 15.7. The number of rotatable bonds is 6. The number of amidine groups is 1. The summed E-state index contributed by atoms with van der Waals surface area (Å²) in [6.45, 7) is 7.33. The van der Waals surface area contributed by atoms with Crippen LogP contribution in [0.2, 0.25) is 0 Å². The minimum atomic E-state index is -0.0610. The number of nitrogens with zero attached hydrogens (tertiary/aromatic N) is 3. The fourth-order valence-corrected chi connectivity index (χ4v) is 2.28. The molecule has 7 nitrogen and oxygen atoms in total. The van der Waals surface area contributed by atoms with Crippen molar-refractivity contribution in [1.29, 1.82) is 0 Å². The Morgan fingerprint density at radius 2 is 2.00 bits per heavy atom. The first-order valence-electron chi connectivity index (χ1n) is 6.71. The van der Waals surface area contributed by atoms with Crippen molar-refractivity contribution in [3.63, 3.8) is 0 Å². The quantitative estimate of drug-likeness (QED) is 0.299. The van der Waals surface area contributed by atoms with Crippen molar-refractivity contribution in [1.82, 2.24) is 9.80 Å². The third-order valence-electron chi connectivity index (χ3n) is 3.38. The summed E-state index contributed by atoms with van der Waals surface area (Å²) in [5, 5.41) is 11.8. The van der Waals surface area contributed by atoms with Gasteiger partial charge in [0, 0.05) is 32.8 Å². The van der Waals surface area contributed by atoms with E-state index in [4.69, 9.17) is 15.7 Å². The Balaban J connectivity index is 2.45. The Labute approximate surface area is 114 Å². The van der Waals surface area contributed by atoms with E-state index in [0.29, 0.717) is 19.7 Å². The molecule has 1 saturated heterocycles. The molecule has 0 saturated carbocycles. The minimum Gasteiger partial charge on any atom is -0.409 e. The molecule has 1 aliphatic rings. The van der Waals surface area contributed by atoms with Gasteiger partial charge in [0.05, 0.1) is 6.04 Å². The Hall–Kier alpha value is -1.34. The molecule has 0 radical (unpaired) electrons. The first-order valence-corrected chi connectivity index (χ1v) is 6.71. The monoisotopic (exact) mass is 272 g/mol. The van der Waals surface area contributed by atoms with Gasteiger partial charge in [-0.3, -0.25) is 9.69 Å². The van der Waals surface area contributed by atoms with E-state index in [9.17, 15) is 4.79 Å². The Kier molecular flexibility index (Phi) is 6.58. The van der Waals surface area contributed by atoms with Crippen LogP contribution in [0.4, 0.5) is 0 Å². The second-order valence-corrected chi connectivity index (χ2v) is 4.50. The Morgan fingerprint density at radius 3 is 2.47 bits per heavy atom. The molecule has 0 aromatic carbocycles. The van der Waals surface area contributed by atoms with E-state index in [1.54, 1.807) is 4.90 Å². The van der Waals surface area contributed by atoms with Gasteiger partial charge in [-0.1, -0.05) is 12.1 Å². The lowest BCUT2D eigenvalue weighted by Gasteiger charge is -2.38. The highest BCUT2D eigenvalue weighted by atomic mass is 16.5. The van der Waals surface area contributed by atoms with E-state index >= 15 is 0 Å². The SMILES string of the molecule is CCOCC(=O)N1CCN(C(CC)C(N)=NO)CC1. The maximum Gasteiger partial charge on any atom is 0.248 e. The van der Waals surface area contributed by atoms with Crippen LogP contribution >= 0.6 is 0 Å². The lowest BCUT2D eigenvalue weighted by molar-refractivity contribution is -0.137. The number of amides is 1. The fraction of sp³-hybridized carbons (Fsp3) is 0.833. The summed E-state index contributed by atoms with van der Waals surface area (Å²) >= 11 is 0. The van der Waals surface area contributed by atoms with Crippen molar-refractivity contribution in [3.8, 4) is 0 Å². The second kappa shape index (κ2) is 7.96. The van der Waals surface area contributed by atoms with Gasteiger partial charge >= 0.3 is 0 Å². The molecule has 110 valence electrons. The van der Waals surface area contributed by atoms with Gasteiger partial charge in [-0.2, -0.15) is 0 Å². The number of carbonyl (C=O) groups excluding carboxylic acids is 1. The zero-order valence-corrected chi connectivity index (χ0v) is 11.7. The van der Waals surface area contributed by atoms with E-state index in [0.717, 1.165) is 19.5 Å². The Bertz CT molecular complexity index is 314. The average molecular weight is 272 g/mol. The van der Waals surface area contributed by atoms with E-state index in [-0.39, 0.29) is 24.4 Å². The van der Waals surface area contributed by atoms with E-state index < -0.39 is 0 Å². The molecule has 3 N–H and O–H groups in total. The molecule has 0 aliphatic carbocycles. The van der Waals surface area contributed by atoms with Crippen LogP contribution in [0.1, 0.15) is 20.3 Å². The molecular weight excluding hydrogens is 248 g/mol. The smallest absolute Gasteiger partial charge is 0.248 e. The van der Waals surface area contributed by atoms with Crippen LogP contribution in [0.15, 0.2) is 5.16 Å². The van der Waals surface area contributed by atoms with Gasteiger partial charge in [0.15, 0.2) is 5.84 Å². The molecule has 1 heterocycles. The molecule has 1 fully saturated rings. The first kappa shape index (κ1) is 15.7. The topological polar surface area (TPSA) is 91.4 Å². The number of oxime groups is 1. The molecule has 0 aromatic rings. The van der Waals surface area contributed by atoms with E-state index in [1.165, 1.54) is 0 Å². The molecule has 19 heavy (non-hydrogen) atoms. The first-order chi connectivity index (χ1) is 9.13. The highest BCUT2D eigenvalue weighted by Gasteiger charge is 2.27. The van der Waals surface area contributed by atoms with Gasteiger partial charge in [-0.05, 0) is 13.3 Å². The van der Waals surface area contributed by atoms with Crippen molar-refractivity contribution >= 4 is 11.7 Å². The third-order valence-corrected chi connectivity index (χ3v) is 3.38. The molecule has 1 aliphatic heterocycles. The van der Waals surface area contributed by atoms with Gasteiger partial charge in [0.1, 0.15) is 6.61 Å². The standard InChI is InChI=1S/C12H24N4O3/c1-3-10(12(13)14-18)15-5-7-16(8-6-15)11(17)9-19-4-2/h10,18H,3-9H2,1-2H3,(H2,13,14). The number of ether oxygens (including phenoxy) is 1. The number of nitrogens with two attached hydrogens (primary N) is 1. The van der Waals surface area contributed by atoms with Gasteiger partial charge in [0.25, 0.3) is 0 Å². The Morgan fingerprint density at radius 1 is 1.37 bits per heavy atom. The molecule has 1 unspecified atom stereocenters. The number of hydrogen-bond donors (Lipinski definition) is 2. The van der Waals surface area contributed by atoms with E-state index in [1.807, 2.05) is 13.8 Å². The second-order valence-electron chi connectivity index (χ2n) is 4.50. The molecule has 1 amide bonds. The van der Waals surface area contributed by atoms with Crippen LogP contribution in [0, 0.1) is 0 Å². The molecule has 0 bridgehead atoms. The highest BCUT2D eigenvalue weighted by molar-refractivity contribution is 5.85. The zero-order valence-electron chi connectivity index (χ0n) is 11.7. The molecule has 0 spiro atoms. The van der Waals surface area contributed by atoms with Crippen LogP contribution in [0.5, 0.6) is 0 Å². The molecule has 7 heteroatoms. The number of piperazine rings is 1. The van der Waals surface area contributed by atoms with E-state index in [2.05, 4.69) is 10.1 Å². The predicted octanol–water partition coefficient (Wildman–Crippen LogP) is -0.308. The van der Waals surface area contributed by atoms with Gasteiger partial charge in [0.2, 0.25) is 5.91 Å². The van der Waals surface area contributed by atoms with Crippen LogP contribution in [0.3, 0.4) is 0 Å². The van der Waals surface area contributed by atoms with Gasteiger partial charge in [-0.15, -0.1) is 0 Å². The lowest BCUT2D eigenvalue weighted by Crippen LogP contribution is -2.55. The van der Waals surface area contributed by atoms with Crippen LogP contribution in [-0.2, 0) is 9.53 Å². The van der Waals surface area contributed by atoms with Crippen molar-refractivity contribution in [3.05, 3.63) is 0 Å².